The minimum Gasteiger partial charge on any atom is -0.493 e. The van der Waals surface area contributed by atoms with Crippen LogP contribution >= 0.6 is 0 Å². The Hall–Kier alpha value is -3.71. The highest BCUT2D eigenvalue weighted by Crippen LogP contribution is 2.40. The molecule has 0 unspecified atom stereocenters. The number of rotatable bonds is 10. The van der Waals surface area contributed by atoms with Crippen LogP contribution in [0.1, 0.15) is 28.3 Å². The van der Waals surface area contributed by atoms with E-state index in [2.05, 4.69) is 16.3 Å². The molecule has 0 radical (unpaired) electrons. The molecule has 1 N–H and O–H groups in total. The maximum Gasteiger partial charge on any atom is 0.234 e. The third kappa shape index (κ3) is 5.74. The van der Waals surface area contributed by atoms with Crippen molar-refractivity contribution in [3.05, 3.63) is 82.9 Å². The Balaban J connectivity index is 1.61. The van der Waals surface area contributed by atoms with E-state index < -0.39 is 0 Å². The third-order valence-corrected chi connectivity index (χ3v) is 6.67. The minimum absolute atomic E-state index is 0.0000844. The largest absolute Gasteiger partial charge is 0.493 e. The fraction of sp³-hybridized carbons (Fsp3) is 0.345. The van der Waals surface area contributed by atoms with Crippen molar-refractivity contribution in [3.8, 4) is 23.0 Å². The Morgan fingerprint density at radius 1 is 0.833 bits per heavy atom. The quantitative estimate of drug-likeness (QED) is 0.460. The van der Waals surface area contributed by atoms with Gasteiger partial charge in [-0.1, -0.05) is 36.4 Å². The summed E-state index contributed by atoms with van der Waals surface area (Å²) >= 11 is 0. The highest BCUT2D eigenvalue weighted by atomic mass is 16.5. The van der Waals surface area contributed by atoms with E-state index in [4.69, 9.17) is 18.9 Å². The number of ether oxygens (including phenoxy) is 4. The van der Waals surface area contributed by atoms with Crippen LogP contribution < -0.4 is 24.3 Å². The summed E-state index contributed by atoms with van der Waals surface area (Å²) in [5.41, 5.74) is 4.52. The molecule has 4 rings (SSSR count). The lowest BCUT2D eigenvalue weighted by molar-refractivity contribution is -0.123. The molecule has 3 aromatic rings. The van der Waals surface area contributed by atoms with Crippen LogP contribution in [0.3, 0.4) is 0 Å². The molecular formula is C29H34N2O5. The van der Waals surface area contributed by atoms with Crippen LogP contribution in [0.2, 0.25) is 0 Å². The van der Waals surface area contributed by atoms with Gasteiger partial charge in [-0.15, -0.1) is 0 Å². The number of hydrogen-bond donors (Lipinski definition) is 1. The summed E-state index contributed by atoms with van der Waals surface area (Å²) in [6.45, 7) is 1.58. The normalized spacial score (nSPS) is 15.1. The molecule has 7 heteroatoms. The molecule has 1 aliphatic heterocycles. The van der Waals surface area contributed by atoms with Gasteiger partial charge in [0.05, 0.1) is 35.0 Å². The molecule has 0 fully saturated rings. The molecule has 0 aliphatic carbocycles. The van der Waals surface area contributed by atoms with Crippen molar-refractivity contribution in [1.82, 2.24) is 10.2 Å². The third-order valence-electron chi connectivity index (χ3n) is 6.67. The van der Waals surface area contributed by atoms with E-state index in [0.717, 1.165) is 35.4 Å². The highest BCUT2D eigenvalue weighted by molar-refractivity contribution is 5.78. The SMILES string of the molecule is COc1ccc(C[C@H]2c3cc(OC)c(OC)cc3CCN2CC(=O)NCc2ccccc2)cc1OC. The van der Waals surface area contributed by atoms with Gasteiger partial charge in [0, 0.05) is 19.1 Å². The molecule has 7 nitrogen and oxygen atoms in total. The Kier molecular flexibility index (Phi) is 8.33. The second-order valence-electron chi connectivity index (χ2n) is 8.80. The first-order valence-corrected chi connectivity index (χ1v) is 12.1. The second-order valence-corrected chi connectivity index (χ2v) is 8.80. The van der Waals surface area contributed by atoms with Gasteiger partial charge >= 0.3 is 0 Å². The fourth-order valence-corrected chi connectivity index (χ4v) is 4.78. The van der Waals surface area contributed by atoms with Crippen LogP contribution in [-0.2, 0) is 24.2 Å². The highest BCUT2D eigenvalue weighted by Gasteiger charge is 2.30. The monoisotopic (exact) mass is 490 g/mol. The summed E-state index contributed by atoms with van der Waals surface area (Å²) in [6, 6.07) is 20.0. The predicted molar refractivity (Wildman–Crippen MR) is 139 cm³/mol. The number of carbonyl (C=O) groups excluding carboxylic acids is 1. The molecule has 0 saturated heterocycles. The van der Waals surface area contributed by atoms with E-state index in [-0.39, 0.29) is 11.9 Å². The molecule has 3 aromatic carbocycles. The van der Waals surface area contributed by atoms with E-state index >= 15 is 0 Å². The Labute approximate surface area is 212 Å². The predicted octanol–water partition coefficient (Wildman–Crippen LogP) is 4.18. The average Bonchev–Trinajstić information content (AvgIpc) is 2.92. The lowest BCUT2D eigenvalue weighted by Crippen LogP contribution is -2.43. The summed E-state index contributed by atoms with van der Waals surface area (Å²) < 4.78 is 22.1. The number of nitrogens with one attached hydrogen (secondary N) is 1. The summed E-state index contributed by atoms with van der Waals surface area (Å²) in [7, 11) is 6.56. The number of benzene rings is 3. The van der Waals surface area contributed by atoms with Gasteiger partial charge in [-0.05, 0) is 59.4 Å². The first-order valence-electron chi connectivity index (χ1n) is 12.1. The lowest BCUT2D eigenvalue weighted by atomic mass is 9.88. The van der Waals surface area contributed by atoms with E-state index in [9.17, 15) is 4.79 Å². The number of nitrogens with zero attached hydrogens (tertiary/aromatic N) is 1. The lowest BCUT2D eigenvalue weighted by Gasteiger charge is -2.37. The summed E-state index contributed by atoms with van der Waals surface area (Å²) in [6.07, 6.45) is 1.53. The number of fused-ring (bicyclic) bond motifs is 1. The van der Waals surface area contributed by atoms with Gasteiger partial charge < -0.3 is 24.3 Å². The van der Waals surface area contributed by atoms with Crippen molar-refractivity contribution in [2.45, 2.75) is 25.4 Å². The Bertz CT molecular complexity index is 1180. The topological polar surface area (TPSA) is 69.3 Å². The van der Waals surface area contributed by atoms with Crippen molar-refractivity contribution in [2.75, 3.05) is 41.5 Å². The maximum absolute atomic E-state index is 13.0. The van der Waals surface area contributed by atoms with E-state index in [1.165, 1.54) is 5.56 Å². The average molecular weight is 491 g/mol. The summed E-state index contributed by atoms with van der Waals surface area (Å²) in [5, 5.41) is 3.07. The molecule has 36 heavy (non-hydrogen) atoms. The fourth-order valence-electron chi connectivity index (χ4n) is 4.78. The Morgan fingerprint density at radius 3 is 2.19 bits per heavy atom. The Morgan fingerprint density at radius 2 is 1.50 bits per heavy atom. The maximum atomic E-state index is 13.0. The van der Waals surface area contributed by atoms with Crippen LogP contribution in [-0.4, -0.2) is 52.3 Å². The first kappa shape index (κ1) is 25.4. The molecule has 1 aliphatic rings. The van der Waals surface area contributed by atoms with Crippen molar-refractivity contribution < 1.29 is 23.7 Å². The standard InChI is InChI=1S/C29H34N2O5/c1-33-25-11-10-21(15-26(25)34-2)14-24-23-17-28(36-4)27(35-3)16-22(23)12-13-31(24)19-29(32)30-18-20-8-6-5-7-9-20/h5-11,15-17,24H,12-14,18-19H2,1-4H3,(H,30,32)/t24-/m0/s1. The molecule has 1 atom stereocenters. The molecule has 0 saturated carbocycles. The van der Waals surface area contributed by atoms with E-state index in [0.29, 0.717) is 36.8 Å². The van der Waals surface area contributed by atoms with Gasteiger partial charge in [-0.2, -0.15) is 0 Å². The number of carbonyl (C=O) groups is 1. The molecular weight excluding hydrogens is 456 g/mol. The number of amides is 1. The number of methoxy groups -OCH3 is 4. The van der Waals surface area contributed by atoms with Crippen molar-refractivity contribution in [3.63, 3.8) is 0 Å². The van der Waals surface area contributed by atoms with Gasteiger partial charge in [-0.25, -0.2) is 0 Å². The van der Waals surface area contributed by atoms with Crippen LogP contribution in [0.4, 0.5) is 0 Å². The number of hydrogen-bond acceptors (Lipinski definition) is 6. The summed E-state index contributed by atoms with van der Waals surface area (Å²) in [4.78, 5) is 15.2. The van der Waals surface area contributed by atoms with E-state index in [1.54, 1.807) is 28.4 Å². The first-order chi connectivity index (χ1) is 17.6. The molecule has 190 valence electrons. The van der Waals surface area contributed by atoms with Gasteiger partial charge in [0.1, 0.15) is 0 Å². The van der Waals surface area contributed by atoms with Gasteiger partial charge in [-0.3, -0.25) is 9.69 Å². The van der Waals surface area contributed by atoms with Gasteiger partial charge in [0.2, 0.25) is 5.91 Å². The second kappa shape index (κ2) is 11.8. The zero-order chi connectivity index (χ0) is 25.5. The molecule has 0 spiro atoms. The van der Waals surface area contributed by atoms with Gasteiger partial charge in [0.15, 0.2) is 23.0 Å². The van der Waals surface area contributed by atoms with Crippen LogP contribution in [0, 0.1) is 0 Å². The zero-order valence-corrected chi connectivity index (χ0v) is 21.4. The van der Waals surface area contributed by atoms with Gasteiger partial charge in [0.25, 0.3) is 0 Å². The van der Waals surface area contributed by atoms with Crippen LogP contribution in [0.15, 0.2) is 60.7 Å². The zero-order valence-electron chi connectivity index (χ0n) is 21.4. The molecule has 1 heterocycles. The van der Waals surface area contributed by atoms with Crippen LogP contribution in [0.5, 0.6) is 23.0 Å². The smallest absolute Gasteiger partial charge is 0.234 e. The molecule has 0 aromatic heterocycles. The molecule has 0 bridgehead atoms. The van der Waals surface area contributed by atoms with Crippen LogP contribution in [0.25, 0.3) is 0 Å². The van der Waals surface area contributed by atoms with Crippen molar-refractivity contribution >= 4 is 5.91 Å². The van der Waals surface area contributed by atoms with E-state index in [1.807, 2.05) is 54.6 Å². The summed E-state index contributed by atoms with van der Waals surface area (Å²) in [5.74, 6) is 2.78. The van der Waals surface area contributed by atoms with Crippen molar-refractivity contribution in [1.29, 1.82) is 0 Å². The minimum atomic E-state index is -0.0193. The molecule has 1 amide bonds. The van der Waals surface area contributed by atoms with Crippen molar-refractivity contribution in [2.24, 2.45) is 0 Å².